The van der Waals surface area contributed by atoms with Crippen molar-refractivity contribution in [3.8, 4) is 16.9 Å². The number of amides is 1. The molecule has 1 saturated heterocycles. The van der Waals surface area contributed by atoms with Crippen LogP contribution in [0.2, 0.25) is 5.02 Å². The van der Waals surface area contributed by atoms with Crippen molar-refractivity contribution in [1.82, 2.24) is 24.1 Å². The molecule has 0 bridgehead atoms. The van der Waals surface area contributed by atoms with E-state index in [1.54, 1.807) is 0 Å². The molecule has 0 radical (unpaired) electrons. The van der Waals surface area contributed by atoms with Gasteiger partial charge >= 0.3 is 12.1 Å². The average Bonchev–Trinajstić information content (AvgIpc) is 3.55. The molecule has 1 aliphatic heterocycles. The molecule has 0 saturated carbocycles. The Morgan fingerprint density at radius 2 is 1.58 bits per heavy atom. The second-order valence-corrected chi connectivity index (χ2v) is 17.1. The van der Waals surface area contributed by atoms with E-state index in [0.29, 0.717) is 62.9 Å². The van der Waals surface area contributed by atoms with Gasteiger partial charge in [-0.3, -0.25) is 9.58 Å². The number of halogens is 1. The molecule has 55 heavy (non-hydrogen) atoms. The maximum absolute atomic E-state index is 14.5. The summed E-state index contributed by atoms with van der Waals surface area (Å²) in [5, 5.41) is 8.49. The van der Waals surface area contributed by atoms with Crippen molar-refractivity contribution in [1.29, 1.82) is 0 Å². The van der Waals surface area contributed by atoms with Crippen LogP contribution < -0.4 is 4.74 Å². The van der Waals surface area contributed by atoms with Crippen LogP contribution in [0.1, 0.15) is 82.3 Å². The van der Waals surface area contributed by atoms with Gasteiger partial charge in [-0.1, -0.05) is 54.1 Å². The van der Waals surface area contributed by atoms with E-state index in [9.17, 15) is 9.59 Å². The molecule has 1 aliphatic rings. The lowest BCUT2D eigenvalue weighted by Crippen LogP contribution is -2.55. The van der Waals surface area contributed by atoms with Crippen molar-refractivity contribution < 1.29 is 23.8 Å². The lowest BCUT2D eigenvalue weighted by atomic mass is 9.98. The highest BCUT2D eigenvalue weighted by Crippen LogP contribution is 2.42. The Labute approximate surface area is 330 Å². The standard InChI is InChI=1S/C44H56ClN5O5/c1-28-27-48(22-24-49(28)42(52)55-44(7,8)9)23-25-50-39-34(20-21-35(45)38(39)37-29(2)46-47(10)30(37)3)33(40(50)41(51)54-43(4,5)6)18-14-26-53-36-19-13-16-31-15-11-12-17-32(31)36/h11-13,15-17,19-21,28H,14,18,22-27H2,1-10H3. The van der Waals surface area contributed by atoms with Crippen molar-refractivity contribution in [3.05, 3.63) is 82.3 Å². The molecular weight excluding hydrogens is 714 g/mol. The summed E-state index contributed by atoms with van der Waals surface area (Å²) in [4.78, 5) is 31.6. The second-order valence-electron chi connectivity index (χ2n) is 16.7. The minimum Gasteiger partial charge on any atom is -0.493 e. The molecule has 3 aromatic carbocycles. The first kappa shape index (κ1) is 40.1. The number of ether oxygens (including phenoxy) is 3. The van der Waals surface area contributed by atoms with Crippen LogP contribution in [0.4, 0.5) is 4.79 Å². The van der Waals surface area contributed by atoms with Gasteiger partial charge < -0.3 is 23.7 Å². The molecule has 0 N–H and O–H groups in total. The third kappa shape index (κ3) is 8.81. The van der Waals surface area contributed by atoms with Crippen molar-refractivity contribution in [2.45, 2.75) is 98.9 Å². The van der Waals surface area contributed by atoms with E-state index in [0.717, 1.165) is 55.5 Å². The summed E-state index contributed by atoms with van der Waals surface area (Å²) >= 11 is 7.17. The number of nitrogens with zero attached hydrogens (tertiary/aromatic N) is 5. The zero-order valence-corrected chi connectivity index (χ0v) is 34.8. The third-order valence-electron chi connectivity index (χ3n) is 10.2. The number of hydrogen-bond donors (Lipinski definition) is 0. The Morgan fingerprint density at radius 1 is 0.873 bits per heavy atom. The number of hydrogen-bond acceptors (Lipinski definition) is 7. The number of rotatable bonds is 10. The Bertz CT molecular complexity index is 2200. The number of carbonyl (C=O) groups excluding carboxylic acids is 2. The first-order valence-corrected chi connectivity index (χ1v) is 19.7. The van der Waals surface area contributed by atoms with Crippen LogP contribution in [0, 0.1) is 13.8 Å². The van der Waals surface area contributed by atoms with Crippen molar-refractivity contribution in [2.24, 2.45) is 7.05 Å². The molecule has 294 valence electrons. The molecule has 0 spiro atoms. The normalized spacial score (nSPS) is 15.5. The number of benzene rings is 3. The summed E-state index contributed by atoms with van der Waals surface area (Å²) in [5.74, 6) is 0.462. The minimum atomic E-state index is -0.711. The van der Waals surface area contributed by atoms with Gasteiger partial charge in [0, 0.05) is 73.4 Å². The molecule has 6 rings (SSSR count). The van der Waals surface area contributed by atoms with E-state index in [2.05, 4.69) is 34.6 Å². The highest BCUT2D eigenvalue weighted by Gasteiger charge is 2.33. The van der Waals surface area contributed by atoms with Gasteiger partial charge in [0.05, 0.1) is 22.8 Å². The van der Waals surface area contributed by atoms with Gasteiger partial charge in [-0.05, 0) is 98.2 Å². The first-order chi connectivity index (χ1) is 25.9. The summed E-state index contributed by atoms with van der Waals surface area (Å²) in [6, 6.07) is 18.2. The first-order valence-electron chi connectivity index (χ1n) is 19.3. The monoisotopic (exact) mass is 769 g/mol. The molecule has 2 aromatic heterocycles. The van der Waals surface area contributed by atoms with E-state index in [4.69, 9.17) is 30.9 Å². The number of aryl methyl sites for hydroxylation is 3. The van der Waals surface area contributed by atoms with Crippen LogP contribution in [0.3, 0.4) is 0 Å². The Balaban J connectivity index is 1.39. The van der Waals surface area contributed by atoms with Crippen molar-refractivity contribution in [2.75, 3.05) is 32.8 Å². The van der Waals surface area contributed by atoms with Gasteiger partial charge in [-0.15, -0.1) is 0 Å². The molecule has 3 heterocycles. The van der Waals surface area contributed by atoms with Gasteiger partial charge in [0.2, 0.25) is 0 Å². The molecule has 1 fully saturated rings. The van der Waals surface area contributed by atoms with E-state index in [-0.39, 0.29) is 18.1 Å². The van der Waals surface area contributed by atoms with Gasteiger partial charge in [0.1, 0.15) is 22.6 Å². The van der Waals surface area contributed by atoms with Crippen molar-refractivity contribution >= 4 is 45.3 Å². The summed E-state index contributed by atoms with van der Waals surface area (Å²) in [5.41, 5.74) is 4.70. The second kappa shape index (κ2) is 15.9. The highest BCUT2D eigenvalue weighted by atomic mass is 35.5. The molecule has 10 nitrogen and oxygen atoms in total. The zero-order valence-electron chi connectivity index (χ0n) is 34.1. The van der Waals surface area contributed by atoms with E-state index in [1.807, 2.05) is 108 Å². The maximum Gasteiger partial charge on any atom is 0.410 e. The molecule has 1 amide bonds. The quantitative estimate of drug-likeness (QED) is 0.103. The summed E-state index contributed by atoms with van der Waals surface area (Å²) < 4.78 is 22.2. The van der Waals surface area contributed by atoms with Gasteiger partial charge in [0.25, 0.3) is 0 Å². The van der Waals surface area contributed by atoms with Gasteiger partial charge in [-0.25, -0.2) is 9.59 Å². The fraction of sp³-hybridized carbons (Fsp3) is 0.477. The largest absolute Gasteiger partial charge is 0.493 e. The molecule has 1 atom stereocenters. The van der Waals surface area contributed by atoms with Crippen molar-refractivity contribution in [3.63, 3.8) is 0 Å². The Morgan fingerprint density at radius 3 is 2.25 bits per heavy atom. The fourth-order valence-electron chi connectivity index (χ4n) is 7.72. The number of carbonyl (C=O) groups is 2. The maximum atomic E-state index is 14.5. The summed E-state index contributed by atoms with van der Waals surface area (Å²) in [6.45, 7) is 21.0. The van der Waals surface area contributed by atoms with Crippen LogP contribution in [-0.4, -0.2) is 86.2 Å². The van der Waals surface area contributed by atoms with E-state index < -0.39 is 11.2 Å². The summed E-state index contributed by atoms with van der Waals surface area (Å²) in [7, 11) is 1.94. The van der Waals surface area contributed by atoms with Crippen LogP contribution in [0.5, 0.6) is 5.75 Å². The Kier molecular flexibility index (Phi) is 11.6. The molecular formula is C44H56ClN5O5. The smallest absolute Gasteiger partial charge is 0.410 e. The van der Waals surface area contributed by atoms with Crippen LogP contribution >= 0.6 is 11.6 Å². The molecule has 5 aromatic rings. The van der Waals surface area contributed by atoms with E-state index >= 15 is 0 Å². The minimum absolute atomic E-state index is 0.0432. The number of esters is 1. The third-order valence-corrected chi connectivity index (χ3v) is 10.5. The predicted molar refractivity (Wildman–Crippen MR) is 220 cm³/mol. The topological polar surface area (TPSA) is 91.1 Å². The summed E-state index contributed by atoms with van der Waals surface area (Å²) in [6.07, 6.45) is 0.963. The van der Waals surface area contributed by atoms with E-state index in [1.165, 1.54) is 0 Å². The SMILES string of the molecule is Cc1nn(C)c(C)c1-c1c(Cl)ccc2c(CCCOc3cccc4ccccc34)c(C(=O)OC(C)(C)C)n(CCN3CCN(C(=O)OC(C)(C)C)C(C)C3)c12. The number of piperazine rings is 1. The molecule has 11 heteroatoms. The lowest BCUT2D eigenvalue weighted by molar-refractivity contribution is 0.0000917. The average molecular weight is 770 g/mol. The Hall–Kier alpha value is -4.54. The zero-order chi connectivity index (χ0) is 39.8. The molecule has 1 unspecified atom stereocenters. The highest BCUT2D eigenvalue weighted by molar-refractivity contribution is 6.35. The van der Waals surface area contributed by atoms with Crippen LogP contribution in [-0.2, 0) is 29.5 Å². The predicted octanol–water partition coefficient (Wildman–Crippen LogP) is 9.37. The van der Waals surface area contributed by atoms with Gasteiger partial charge in [0.15, 0.2) is 0 Å². The van der Waals surface area contributed by atoms with Crippen LogP contribution in [0.15, 0.2) is 54.6 Å². The molecule has 0 aliphatic carbocycles. The lowest BCUT2D eigenvalue weighted by Gasteiger charge is -2.40. The number of aromatic nitrogens is 3. The number of fused-ring (bicyclic) bond motifs is 2. The van der Waals surface area contributed by atoms with Crippen LogP contribution in [0.25, 0.3) is 32.8 Å². The van der Waals surface area contributed by atoms with Gasteiger partial charge in [-0.2, -0.15) is 5.10 Å². The fourth-order valence-corrected chi connectivity index (χ4v) is 7.97.